The summed E-state index contributed by atoms with van der Waals surface area (Å²) in [5, 5.41) is 8.68. The summed E-state index contributed by atoms with van der Waals surface area (Å²) in [5.74, 6) is -0.530. The third-order valence-corrected chi connectivity index (χ3v) is 2.13. The van der Waals surface area contributed by atoms with Gasteiger partial charge in [-0.2, -0.15) is 0 Å². The predicted molar refractivity (Wildman–Crippen MR) is 50.8 cm³/mol. The summed E-state index contributed by atoms with van der Waals surface area (Å²) in [6.07, 6.45) is 0.164. The minimum Gasteiger partial charge on any atom is -0.481 e. The molecular weight excluding hydrogens is 170 g/mol. The molecule has 0 spiro atoms. The monoisotopic (exact) mass is 189 g/mol. The highest BCUT2D eigenvalue weighted by Crippen LogP contribution is 2.12. The van der Waals surface area contributed by atoms with Gasteiger partial charge in [0.1, 0.15) is 0 Å². The van der Waals surface area contributed by atoms with Crippen molar-refractivity contribution in [2.24, 2.45) is 5.92 Å². The third-order valence-electron chi connectivity index (χ3n) is 2.13. The Kier molecular flexibility index (Phi) is 5.66. The lowest BCUT2D eigenvalue weighted by atomic mass is 9.99. The number of aliphatic carboxylic acids is 1. The molecule has 4 nitrogen and oxygen atoms in total. The molecule has 0 amide bonds. The molecule has 0 heterocycles. The summed E-state index contributed by atoms with van der Waals surface area (Å²) in [7, 11) is 5.41. The van der Waals surface area contributed by atoms with Gasteiger partial charge < -0.3 is 14.7 Å². The first-order valence-electron chi connectivity index (χ1n) is 4.36. The molecule has 78 valence electrons. The molecule has 4 heteroatoms. The second-order valence-electron chi connectivity index (χ2n) is 3.56. The van der Waals surface area contributed by atoms with Crippen molar-refractivity contribution in [1.29, 1.82) is 0 Å². The molecular formula is C9H19NO3. The molecule has 0 saturated carbocycles. The lowest BCUT2D eigenvalue weighted by Crippen LogP contribution is -2.37. The van der Waals surface area contributed by atoms with E-state index in [4.69, 9.17) is 9.84 Å². The fourth-order valence-electron chi connectivity index (χ4n) is 1.45. The van der Waals surface area contributed by atoms with Crippen molar-refractivity contribution in [1.82, 2.24) is 4.90 Å². The van der Waals surface area contributed by atoms with Gasteiger partial charge in [-0.1, -0.05) is 6.92 Å². The summed E-state index contributed by atoms with van der Waals surface area (Å²) in [6.45, 7) is 2.59. The molecule has 0 aliphatic rings. The molecule has 0 saturated heterocycles. The largest absolute Gasteiger partial charge is 0.481 e. The van der Waals surface area contributed by atoms with Crippen LogP contribution >= 0.6 is 0 Å². The van der Waals surface area contributed by atoms with Crippen molar-refractivity contribution in [3.8, 4) is 0 Å². The van der Waals surface area contributed by atoms with Crippen LogP contribution in [0.25, 0.3) is 0 Å². The number of hydrogen-bond acceptors (Lipinski definition) is 3. The number of carbonyl (C=O) groups is 1. The van der Waals surface area contributed by atoms with Crippen molar-refractivity contribution in [2.45, 2.75) is 19.4 Å². The zero-order valence-electron chi connectivity index (χ0n) is 8.78. The zero-order valence-corrected chi connectivity index (χ0v) is 8.78. The van der Waals surface area contributed by atoms with Gasteiger partial charge in [0.05, 0.1) is 13.0 Å². The van der Waals surface area contributed by atoms with Gasteiger partial charge in [0.2, 0.25) is 0 Å². The smallest absolute Gasteiger partial charge is 0.304 e. The predicted octanol–water partition coefficient (Wildman–Crippen LogP) is 0.674. The molecule has 0 radical (unpaired) electrons. The van der Waals surface area contributed by atoms with E-state index in [-0.39, 0.29) is 18.4 Å². The van der Waals surface area contributed by atoms with E-state index in [0.717, 1.165) is 0 Å². The summed E-state index contributed by atoms with van der Waals surface area (Å²) in [6, 6.07) is 0.0393. The Bertz CT molecular complexity index is 159. The van der Waals surface area contributed by atoms with Gasteiger partial charge in [-0.25, -0.2) is 0 Å². The first-order valence-corrected chi connectivity index (χ1v) is 4.36. The molecule has 2 atom stereocenters. The zero-order chi connectivity index (χ0) is 10.4. The summed E-state index contributed by atoms with van der Waals surface area (Å²) >= 11 is 0. The molecule has 0 fully saturated rings. The van der Waals surface area contributed by atoms with E-state index in [1.54, 1.807) is 7.11 Å². The van der Waals surface area contributed by atoms with E-state index in [9.17, 15) is 4.79 Å². The molecule has 0 aromatic carbocycles. The Morgan fingerprint density at radius 1 is 1.54 bits per heavy atom. The van der Waals surface area contributed by atoms with Crippen molar-refractivity contribution >= 4 is 5.97 Å². The van der Waals surface area contributed by atoms with Gasteiger partial charge in [0.25, 0.3) is 0 Å². The number of ether oxygens (including phenoxy) is 1. The number of rotatable bonds is 6. The molecule has 0 bridgehead atoms. The third kappa shape index (κ3) is 4.85. The standard InChI is InChI=1S/C9H19NO3/c1-7(6-13-4)8(10(2)3)5-9(11)12/h7-8H,5-6H2,1-4H3,(H,11,12). The first-order chi connectivity index (χ1) is 5.99. The van der Waals surface area contributed by atoms with Crippen LogP contribution in [0, 0.1) is 5.92 Å². The lowest BCUT2D eigenvalue weighted by molar-refractivity contribution is -0.138. The quantitative estimate of drug-likeness (QED) is 0.667. The molecule has 2 unspecified atom stereocenters. The van der Waals surface area contributed by atoms with Gasteiger partial charge >= 0.3 is 5.97 Å². The highest BCUT2D eigenvalue weighted by Gasteiger charge is 2.21. The number of methoxy groups -OCH3 is 1. The molecule has 0 aromatic rings. The maximum atomic E-state index is 10.6. The number of hydrogen-bond donors (Lipinski definition) is 1. The highest BCUT2D eigenvalue weighted by atomic mass is 16.5. The van der Waals surface area contributed by atoms with Crippen LogP contribution < -0.4 is 0 Å². The van der Waals surface area contributed by atoms with E-state index in [2.05, 4.69) is 0 Å². The number of carboxylic acids is 1. The van der Waals surface area contributed by atoms with Crippen LogP contribution in [0.3, 0.4) is 0 Å². The number of nitrogens with zero attached hydrogens (tertiary/aromatic N) is 1. The minimum atomic E-state index is -0.762. The van der Waals surface area contributed by atoms with E-state index in [1.807, 2.05) is 25.9 Å². The fraction of sp³-hybridized carbons (Fsp3) is 0.889. The van der Waals surface area contributed by atoms with Crippen molar-refractivity contribution in [3.63, 3.8) is 0 Å². The van der Waals surface area contributed by atoms with E-state index in [0.29, 0.717) is 6.61 Å². The van der Waals surface area contributed by atoms with Crippen LogP contribution in [-0.2, 0) is 9.53 Å². The molecule has 0 rings (SSSR count). The highest BCUT2D eigenvalue weighted by molar-refractivity contribution is 5.67. The second-order valence-corrected chi connectivity index (χ2v) is 3.56. The Hall–Kier alpha value is -0.610. The topological polar surface area (TPSA) is 49.8 Å². The maximum absolute atomic E-state index is 10.6. The summed E-state index contributed by atoms with van der Waals surface area (Å²) < 4.78 is 5.00. The molecule has 0 aromatic heterocycles. The van der Waals surface area contributed by atoms with Crippen LogP contribution in [-0.4, -0.2) is 49.8 Å². The number of carboxylic acid groups (broad SMARTS) is 1. The minimum absolute atomic E-state index is 0.0393. The maximum Gasteiger partial charge on any atom is 0.304 e. The van der Waals surface area contributed by atoms with Crippen LogP contribution in [0.4, 0.5) is 0 Å². The normalized spacial score (nSPS) is 15.8. The summed E-state index contributed by atoms with van der Waals surface area (Å²) in [4.78, 5) is 12.5. The van der Waals surface area contributed by atoms with Crippen LogP contribution in [0.5, 0.6) is 0 Å². The first kappa shape index (κ1) is 12.4. The van der Waals surface area contributed by atoms with Gasteiger partial charge in [-0.3, -0.25) is 4.79 Å². The van der Waals surface area contributed by atoms with Gasteiger partial charge in [-0.05, 0) is 20.0 Å². The molecule has 1 N–H and O–H groups in total. The SMILES string of the molecule is COCC(C)C(CC(=O)O)N(C)C. The van der Waals surface area contributed by atoms with Gasteiger partial charge in [0.15, 0.2) is 0 Å². The van der Waals surface area contributed by atoms with E-state index in [1.165, 1.54) is 0 Å². The summed E-state index contributed by atoms with van der Waals surface area (Å²) in [5.41, 5.74) is 0. The van der Waals surface area contributed by atoms with Crippen LogP contribution in [0.1, 0.15) is 13.3 Å². The Labute approximate surface area is 79.5 Å². The Morgan fingerprint density at radius 2 is 2.08 bits per heavy atom. The second kappa shape index (κ2) is 5.94. The van der Waals surface area contributed by atoms with Gasteiger partial charge in [-0.15, -0.1) is 0 Å². The van der Waals surface area contributed by atoms with E-state index < -0.39 is 5.97 Å². The van der Waals surface area contributed by atoms with Gasteiger partial charge in [0, 0.05) is 13.2 Å². The van der Waals surface area contributed by atoms with Crippen LogP contribution in [0.15, 0.2) is 0 Å². The van der Waals surface area contributed by atoms with Crippen molar-refractivity contribution in [2.75, 3.05) is 27.8 Å². The van der Waals surface area contributed by atoms with E-state index >= 15 is 0 Å². The van der Waals surface area contributed by atoms with Crippen molar-refractivity contribution < 1.29 is 14.6 Å². The lowest BCUT2D eigenvalue weighted by Gasteiger charge is -2.28. The fourth-order valence-corrected chi connectivity index (χ4v) is 1.45. The molecule has 0 aliphatic heterocycles. The molecule has 13 heavy (non-hydrogen) atoms. The average molecular weight is 189 g/mol. The Balaban J connectivity index is 4.14. The Morgan fingerprint density at radius 3 is 2.38 bits per heavy atom. The van der Waals surface area contributed by atoms with Crippen LogP contribution in [0.2, 0.25) is 0 Å². The molecule has 0 aliphatic carbocycles. The average Bonchev–Trinajstić information content (AvgIpc) is 1.99. The van der Waals surface area contributed by atoms with Crippen molar-refractivity contribution in [3.05, 3.63) is 0 Å².